The Labute approximate surface area is 135 Å². The molecule has 0 radical (unpaired) electrons. The average molecular weight is 314 g/mol. The zero-order valence-corrected chi connectivity index (χ0v) is 13.6. The molecule has 1 aromatic carbocycles. The summed E-state index contributed by atoms with van der Waals surface area (Å²) < 4.78 is 10.1. The van der Waals surface area contributed by atoms with E-state index in [0.717, 1.165) is 42.8 Å². The maximum Gasteiger partial charge on any atom is 0.334 e. The molecule has 1 aliphatic rings. The van der Waals surface area contributed by atoms with Gasteiger partial charge in [-0.2, -0.15) is 0 Å². The maximum absolute atomic E-state index is 11.7. The average Bonchev–Trinajstić information content (AvgIpc) is 3.01. The van der Waals surface area contributed by atoms with Crippen LogP contribution in [0, 0.1) is 0 Å². The molecule has 122 valence electrons. The summed E-state index contributed by atoms with van der Waals surface area (Å²) in [6.07, 6.45) is 5.87. The first kappa shape index (κ1) is 15.6. The number of rotatable bonds is 5. The molecule has 0 unspecified atom stereocenters. The highest BCUT2D eigenvalue weighted by molar-refractivity contribution is 5.89. The maximum atomic E-state index is 11.7. The molecular formula is C18H22N2O3. The fourth-order valence-electron chi connectivity index (χ4n) is 3.05. The number of nitrogens with one attached hydrogen (secondary N) is 1. The number of hydrogen-bond donors (Lipinski definition) is 1. The second kappa shape index (κ2) is 6.87. The number of carbonyl (C=O) groups excluding carboxylic acids is 1. The SMILES string of the molecule is COC(=O)C1=CCCN(CCc2c[nH]c3ccc(OC)cc23)C1. The first-order valence-corrected chi connectivity index (χ1v) is 7.85. The minimum Gasteiger partial charge on any atom is -0.497 e. The minimum atomic E-state index is -0.216. The largest absolute Gasteiger partial charge is 0.497 e. The lowest BCUT2D eigenvalue weighted by molar-refractivity contribution is -0.136. The molecular weight excluding hydrogens is 292 g/mol. The molecule has 0 saturated carbocycles. The molecule has 0 atom stereocenters. The smallest absolute Gasteiger partial charge is 0.334 e. The summed E-state index contributed by atoms with van der Waals surface area (Å²) in [5.41, 5.74) is 3.15. The molecule has 0 amide bonds. The molecule has 23 heavy (non-hydrogen) atoms. The lowest BCUT2D eigenvalue weighted by Crippen LogP contribution is -2.34. The van der Waals surface area contributed by atoms with Crippen LogP contribution in [0.5, 0.6) is 5.75 Å². The van der Waals surface area contributed by atoms with Crippen LogP contribution in [0.15, 0.2) is 36.0 Å². The predicted octanol–water partition coefficient (Wildman–Crippen LogP) is 2.52. The van der Waals surface area contributed by atoms with Gasteiger partial charge in [-0.05, 0) is 36.6 Å². The van der Waals surface area contributed by atoms with Crippen molar-refractivity contribution in [2.45, 2.75) is 12.8 Å². The molecule has 5 heteroatoms. The predicted molar refractivity (Wildman–Crippen MR) is 89.7 cm³/mol. The van der Waals surface area contributed by atoms with Gasteiger partial charge in [0.2, 0.25) is 0 Å². The molecule has 2 aromatic rings. The molecule has 1 aromatic heterocycles. The number of H-pyrrole nitrogens is 1. The highest BCUT2D eigenvalue weighted by Crippen LogP contribution is 2.24. The summed E-state index contributed by atoms with van der Waals surface area (Å²) >= 11 is 0. The Morgan fingerprint density at radius 2 is 2.22 bits per heavy atom. The molecule has 0 bridgehead atoms. The number of benzene rings is 1. The first-order chi connectivity index (χ1) is 11.2. The van der Waals surface area contributed by atoms with Crippen LogP contribution in [0.2, 0.25) is 0 Å². The van der Waals surface area contributed by atoms with E-state index in [2.05, 4.69) is 22.1 Å². The van der Waals surface area contributed by atoms with Crippen LogP contribution in [-0.4, -0.2) is 49.7 Å². The summed E-state index contributed by atoms with van der Waals surface area (Å²) in [6, 6.07) is 6.06. The third-order valence-electron chi connectivity index (χ3n) is 4.35. The lowest BCUT2D eigenvalue weighted by Gasteiger charge is -2.26. The summed E-state index contributed by atoms with van der Waals surface area (Å²) in [5.74, 6) is 0.652. The van der Waals surface area contributed by atoms with Gasteiger partial charge in [0.15, 0.2) is 0 Å². The van der Waals surface area contributed by atoms with Gasteiger partial charge >= 0.3 is 5.97 Å². The van der Waals surface area contributed by atoms with E-state index in [1.165, 1.54) is 18.1 Å². The number of carbonyl (C=O) groups is 1. The van der Waals surface area contributed by atoms with E-state index < -0.39 is 0 Å². The van der Waals surface area contributed by atoms with Crippen molar-refractivity contribution < 1.29 is 14.3 Å². The van der Waals surface area contributed by atoms with Gasteiger partial charge in [0.25, 0.3) is 0 Å². The fourth-order valence-corrected chi connectivity index (χ4v) is 3.05. The van der Waals surface area contributed by atoms with E-state index >= 15 is 0 Å². The molecule has 1 N–H and O–H groups in total. The quantitative estimate of drug-likeness (QED) is 0.862. The molecule has 0 aliphatic carbocycles. The Bertz CT molecular complexity index is 733. The van der Waals surface area contributed by atoms with Gasteiger partial charge in [-0.3, -0.25) is 4.90 Å². The number of ether oxygens (including phenoxy) is 2. The fraction of sp³-hybridized carbons (Fsp3) is 0.389. The highest BCUT2D eigenvalue weighted by Gasteiger charge is 2.18. The van der Waals surface area contributed by atoms with Gasteiger partial charge in [0.05, 0.1) is 14.2 Å². The van der Waals surface area contributed by atoms with Crippen LogP contribution in [0.4, 0.5) is 0 Å². The van der Waals surface area contributed by atoms with Gasteiger partial charge < -0.3 is 14.5 Å². The number of hydrogen-bond acceptors (Lipinski definition) is 4. The molecule has 0 spiro atoms. The Morgan fingerprint density at radius 3 is 3.00 bits per heavy atom. The summed E-state index contributed by atoms with van der Waals surface area (Å²) in [7, 11) is 3.11. The van der Waals surface area contributed by atoms with Gasteiger partial charge in [-0.1, -0.05) is 6.08 Å². The number of aromatic nitrogens is 1. The van der Waals surface area contributed by atoms with Crippen molar-refractivity contribution in [2.24, 2.45) is 0 Å². The van der Waals surface area contributed by atoms with Crippen molar-refractivity contribution in [3.05, 3.63) is 41.6 Å². The number of aromatic amines is 1. The van der Waals surface area contributed by atoms with E-state index in [9.17, 15) is 4.79 Å². The van der Waals surface area contributed by atoms with Crippen molar-refractivity contribution in [3.63, 3.8) is 0 Å². The third kappa shape index (κ3) is 3.40. The van der Waals surface area contributed by atoms with Crippen LogP contribution in [0.25, 0.3) is 10.9 Å². The number of esters is 1. The summed E-state index contributed by atoms with van der Waals surface area (Å²) in [5, 5.41) is 1.20. The van der Waals surface area contributed by atoms with Crippen molar-refractivity contribution in [3.8, 4) is 5.75 Å². The topological polar surface area (TPSA) is 54.6 Å². The summed E-state index contributed by atoms with van der Waals surface area (Å²) in [6.45, 7) is 2.56. The van der Waals surface area contributed by atoms with Gasteiger partial charge in [0, 0.05) is 42.3 Å². The van der Waals surface area contributed by atoms with E-state index in [-0.39, 0.29) is 5.97 Å². The van der Waals surface area contributed by atoms with Crippen molar-refractivity contribution in [2.75, 3.05) is 33.9 Å². The Kier molecular flexibility index (Phi) is 4.67. The van der Waals surface area contributed by atoms with E-state index in [4.69, 9.17) is 9.47 Å². The Hall–Kier alpha value is -2.27. The monoisotopic (exact) mass is 314 g/mol. The molecule has 3 rings (SSSR count). The second-order valence-corrected chi connectivity index (χ2v) is 5.76. The molecule has 5 nitrogen and oxygen atoms in total. The van der Waals surface area contributed by atoms with Gasteiger partial charge in [-0.25, -0.2) is 4.79 Å². The van der Waals surface area contributed by atoms with Gasteiger partial charge in [0.1, 0.15) is 5.75 Å². The summed E-state index contributed by atoms with van der Waals surface area (Å²) in [4.78, 5) is 17.3. The van der Waals surface area contributed by atoms with Crippen molar-refractivity contribution in [1.82, 2.24) is 9.88 Å². The van der Waals surface area contributed by atoms with Crippen molar-refractivity contribution in [1.29, 1.82) is 0 Å². The van der Waals surface area contributed by atoms with Crippen LogP contribution >= 0.6 is 0 Å². The van der Waals surface area contributed by atoms with Gasteiger partial charge in [-0.15, -0.1) is 0 Å². The molecule has 1 aliphatic heterocycles. The number of fused-ring (bicyclic) bond motifs is 1. The van der Waals surface area contributed by atoms with Crippen LogP contribution < -0.4 is 4.74 Å². The molecule has 0 saturated heterocycles. The van der Waals surface area contributed by atoms with Crippen LogP contribution in [0.1, 0.15) is 12.0 Å². The zero-order chi connectivity index (χ0) is 16.2. The molecule has 0 fully saturated rings. The molecule has 2 heterocycles. The van der Waals surface area contributed by atoms with Crippen molar-refractivity contribution >= 4 is 16.9 Å². The third-order valence-corrected chi connectivity index (χ3v) is 4.35. The van der Waals surface area contributed by atoms with Crippen LogP contribution in [0.3, 0.4) is 0 Å². The zero-order valence-electron chi connectivity index (χ0n) is 13.6. The van der Waals surface area contributed by atoms with E-state index in [0.29, 0.717) is 6.54 Å². The lowest BCUT2D eigenvalue weighted by atomic mass is 10.1. The number of methoxy groups -OCH3 is 2. The standard InChI is InChI=1S/C18H22N2O3/c1-22-15-5-6-17-16(10-15)13(11-19-17)7-9-20-8-3-4-14(12-20)18(21)23-2/h4-6,10-11,19H,3,7-9,12H2,1-2H3. The van der Waals surface area contributed by atoms with E-state index in [1.807, 2.05) is 18.2 Å². The Balaban J connectivity index is 1.67. The first-order valence-electron chi connectivity index (χ1n) is 7.85. The second-order valence-electron chi connectivity index (χ2n) is 5.76. The number of nitrogens with zero attached hydrogens (tertiary/aromatic N) is 1. The van der Waals surface area contributed by atoms with Crippen LogP contribution in [-0.2, 0) is 16.0 Å². The highest BCUT2D eigenvalue weighted by atomic mass is 16.5. The van der Waals surface area contributed by atoms with E-state index in [1.54, 1.807) is 7.11 Å². The minimum absolute atomic E-state index is 0.216. The normalized spacial score (nSPS) is 15.5. The Morgan fingerprint density at radius 1 is 1.35 bits per heavy atom.